The number of urea groups is 1. The van der Waals surface area contributed by atoms with Crippen LogP contribution in [0.3, 0.4) is 0 Å². The smallest absolute Gasteiger partial charge is 0.321 e. The maximum absolute atomic E-state index is 12.1. The third kappa shape index (κ3) is 4.19. The van der Waals surface area contributed by atoms with Gasteiger partial charge in [0.1, 0.15) is 6.04 Å². The number of carbonyl (C=O) groups excluding carboxylic acids is 2. The summed E-state index contributed by atoms with van der Waals surface area (Å²) < 4.78 is 0. The lowest BCUT2D eigenvalue weighted by atomic mass is 10.1. The first kappa shape index (κ1) is 16.6. The highest BCUT2D eigenvalue weighted by atomic mass is 16.2. The Morgan fingerprint density at radius 1 is 1.21 bits per heavy atom. The Labute approximate surface area is 143 Å². The molecule has 1 saturated heterocycles. The van der Waals surface area contributed by atoms with Crippen LogP contribution in [-0.2, 0) is 4.79 Å². The van der Waals surface area contributed by atoms with Crippen LogP contribution in [0.5, 0.6) is 0 Å². The normalized spacial score (nSPS) is 18.2. The number of anilines is 2. The zero-order chi connectivity index (χ0) is 17.1. The molecule has 2 fully saturated rings. The van der Waals surface area contributed by atoms with Crippen molar-refractivity contribution in [1.82, 2.24) is 10.6 Å². The molecule has 6 heteroatoms. The standard InChI is InChI=1S/C18H26N4O2/c1-12-11-15(7-8-16(12)22-9-3-4-10-22)19-13(2)17(23)21-18(24)20-14-5-6-14/h7-8,11,13-14,19H,3-6,9-10H2,1-2H3,(H2,20,21,23,24). The Hall–Kier alpha value is -2.24. The highest BCUT2D eigenvalue weighted by molar-refractivity contribution is 5.98. The molecule has 1 aromatic rings. The maximum atomic E-state index is 12.1. The third-order valence-corrected chi connectivity index (χ3v) is 4.57. The Kier molecular flexibility index (Phi) is 4.92. The fourth-order valence-corrected chi connectivity index (χ4v) is 3.04. The first-order valence-electron chi connectivity index (χ1n) is 8.76. The minimum atomic E-state index is -0.480. The van der Waals surface area contributed by atoms with Gasteiger partial charge in [-0.25, -0.2) is 4.79 Å². The zero-order valence-corrected chi connectivity index (χ0v) is 14.4. The van der Waals surface area contributed by atoms with Crippen molar-refractivity contribution < 1.29 is 9.59 Å². The van der Waals surface area contributed by atoms with Crippen LogP contribution >= 0.6 is 0 Å². The molecule has 1 unspecified atom stereocenters. The molecule has 3 amide bonds. The summed E-state index contributed by atoms with van der Waals surface area (Å²) in [6, 6.07) is 5.51. The molecule has 0 radical (unpaired) electrons. The fourth-order valence-electron chi connectivity index (χ4n) is 3.04. The lowest BCUT2D eigenvalue weighted by molar-refractivity contribution is -0.120. The highest BCUT2D eigenvalue weighted by Crippen LogP contribution is 2.27. The predicted octanol–water partition coefficient (Wildman–Crippen LogP) is 2.38. The average Bonchev–Trinajstić information content (AvgIpc) is 3.17. The minimum Gasteiger partial charge on any atom is -0.374 e. The van der Waals surface area contributed by atoms with Gasteiger partial charge < -0.3 is 15.5 Å². The first-order valence-corrected chi connectivity index (χ1v) is 8.76. The van der Waals surface area contributed by atoms with E-state index in [1.165, 1.54) is 24.1 Å². The van der Waals surface area contributed by atoms with Gasteiger partial charge >= 0.3 is 6.03 Å². The van der Waals surface area contributed by atoms with Crippen molar-refractivity contribution in [2.24, 2.45) is 0 Å². The summed E-state index contributed by atoms with van der Waals surface area (Å²) in [5.74, 6) is -0.325. The number of hydrogen-bond donors (Lipinski definition) is 3. The number of aryl methyl sites for hydroxylation is 1. The Balaban J connectivity index is 1.55. The molecule has 0 spiro atoms. The molecule has 1 atom stereocenters. The largest absolute Gasteiger partial charge is 0.374 e. The second kappa shape index (κ2) is 7.11. The van der Waals surface area contributed by atoms with E-state index in [0.29, 0.717) is 0 Å². The molecule has 0 bridgehead atoms. The first-order chi connectivity index (χ1) is 11.5. The van der Waals surface area contributed by atoms with Gasteiger partial charge in [-0.05, 0) is 63.3 Å². The van der Waals surface area contributed by atoms with Crippen LogP contribution in [0, 0.1) is 6.92 Å². The van der Waals surface area contributed by atoms with E-state index in [0.717, 1.165) is 31.6 Å². The van der Waals surface area contributed by atoms with E-state index in [-0.39, 0.29) is 11.9 Å². The van der Waals surface area contributed by atoms with Crippen LogP contribution in [-0.4, -0.2) is 37.1 Å². The lowest BCUT2D eigenvalue weighted by Gasteiger charge is -2.22. The van der Waals surface area contributed by atoms with E-state index in [4.69, 9.17) is 0 Å². The van der Waals surface area contributed by atoms with E-state index >= 15 is 0 Å². The van der Waals surface area contributed by atoms with Crippen LogP contribution in [0.2, 0.25) is 0 Å². The summed E-state index contributed by atoms with van der Waals surface area (Å²) in [4.78, 5) is 26.1. The van der Waals surface area contributed by atoms with Gasteiger partial charge in [-0.1, -0.05) is 0 Å². The van der Waals surface area contributed by atoms with Gasteiger partial charge in [0.2, 0.25) is 5.91 Å². The summed E-state index contributed by atoms with van der Waals surface area (Å²) in [6.07, 6.45) is 4.50. The molecule has 130 valence electrons. The van der Waals surface area contributed by atoms with Crippen LogP contribution in [0.4, 0.5) is 16.2 Å². The summed E-state index contributed by atoms with van der Waals surface area (Å²) in [5.41, 5.74) is 3.35. The second-order valence-electron chi connectivity index (χ2n) is 6.80. The molecule has 0 aromatic heterocycles. The number of amides is 3. The molecule has 3 N–H and O–H groups in total. The molecular weight excluding hydrogens is 304 g/mol. The van der Waals surface area contributed by atoms with E-state index in [1.54, 1.807) is 6.92 Å². The minimum absolute atomic E-state index is 0.238. The van der Waals surface area contributed by atoms with E-state index in [9.17, 15) is 9.59 Å². The summed E-state index contributed by atoms with van der Waals surface area (Å²) in [5, 5.41) is 8.29. The van der Waals surface area contributed by atoms with Crippen molar-refractivity contribution in [3.63, 3.8) is 0 Å². The monoisotopic (exact) mass is 330 g/mol. The highest BCUT2D eigenvalue weighted by Gasteiger charge is 2.25. The Bertz CT molecular complexity index is 621. The van der Waals surface area contributed by atoms with Crippen molar-refractivity contribution in [3.05, 3.63) is 23.8 Å². The number of benzene rings is 1. The average molecular weight is 330 g/mol. The fraction of sp³-hybridized carbons (Fsp3) is 0.556. The van der Waals surface area contributed by atoms with Crippen molar-refractivity contribution >= 4 is 23.3 Å². The maximum Gasteiger partial charge on any atom is 0.321 e. The quantitative estimate of drug-likeness (QED) is 0.775. The molecule has 1 saturated carbocycles. The number of carbonyl (C=O) groups is 2. The third-order valence-electron chi connectivity index (χ3n) is 4.57. The number of hydrogen-bond acceptors (Lipinski definition) is 4. The van der Waals surface area contributed by atoms with Gasteiger partial charge in [-0.2, -0.15) is 0 Å². The number of rotatable bonds is 5. The summed E-state index contributed by atoms with van der Waals surface area (Å²) in [6.45, 7) is 6.07. The summed E-state index contributed by atoms with van der Waals surface area (Å²) in [7, 11) is 0. The van der Waals surface area contributed by atoms with E-state index in [1.807, 2.05) is 6.07 Å². The Morgan fingerprint density at radius 3 is 2.54 bits per heavy atom. The SMILES string of the molecule is Cc1cc(NC(C)C(=O)NC(=O)NC2CC2)ccc1N1CCCC1. The van der Waals surface area contributed by atoms with Gasteiger partial charge in [-0.15, -0.1) is 0 Å². The van der Waals surface area contributed by atoms with Gasteiger partial charge in [0.25, 0.3) is 0 Å². The molecule has 3 rings (SSSR count). The number of nitrogens with one attached hydrogen (secondary N) is 3. The second-order valence-corrected chi connectivity index (χ2v) is 6.80. The van der Waals surface area contributed by atoms with Gasteiger partial charge in [0.15, 0.2) is 0 Å². The Morgan fingerprint density at radius 2 is 1.92 bits per heavy atom. The molecule has 1 aliphatic heterocycles. The van der Waals surface area contributed by atoms with E-state index < -0.39 is 12.1 Å². The van der Waals surface area contributed by atoms with Crippen LogP contribution < -0.4 is 20.9 Å². The van der Waals surface area contributed by atoms with E-state index in [2.05, 4.69) is 39.9 Å². The van der Waals surface area contributed by atoms with Crippen molar-refractivity contribution in [2.75, 3.05) is 23.3 Å². The molecule has 2 aliphatic rings. The molecule has 1 heterocycles. The molecule has 1 aliphatic carbocycles. The number of imide groups is 1. The topological polar surface area (TPSA) is 73.5 Å². The summed E-state index contributed by atoms with van der Waals surface area (Å²) >= 11 is 0. The van der Waals surface area contributed by atoms with Crippen LogP contribution in [0.1, 0.15) is 38.2 Å². The van der Waals surface area contributed by atoms with Crippen molar-refractivity contribution in [2.45, 2.75) is 51.6 Å². The van der Waals surface area contributed by atoms with Crippen molar-refractivity contribution in [3.8, 4) is 0 Å². The predicted molar refractivity (Wildman–Crippen MR) is 95.4 cm³/mol. The molecule has 24 heavy (non-hydrogen) atoms. The molecular formula is C18H26N4O2. The zero-order valence-electron chi connectivity index (χ0n) is 14.4. The molecule has 1 aromatic carbocycles. The van der Waals surface area contributed by atoms with Gasteiger partial charge in [0.05, 0.1) is 0 Å². The van der Waals surface area contributed by atoms with Crippen molar-refractivity contribution in [1.29, 1.82) is 0 Å². The lowest BCUT2D eigenvalue weighted by Crippen LogP contribution is -2.46. The van der Waals surface area contributed by atoms with Gasteiger partial charge in [-0.3, -0.25) is 10.1 Å². The van der Waals surface area contributed by atoms with Crippen LogP contribution in [0.15, 0.2) is 18.2 Å². The van der Waals surface area contributed by atoms with Crippen LogP contribution in [0.25, 0.3) is 0 Å². The van der Waals surface area contributed by atoms with Gasteiger partial charge in [0, 0.05) is 30.5 Å². The molecule has 6 nitrogen and oxygen atoms in total. The number of nitrogens with zero attached hydrogens (tertiary/aromatic N) is 1.